The highest BCUT2D eigenvalue weighted by Crippen LogP contribution is 2.06. The Labute approximate surface area is 119 Å². The van der Waals surface area contributed by atoms with E-state index in [1.165, 1.54) is 7.11 Å². The molecule has 20 heavy (non-hydrogen) atoms. The first-order valence-electron chi connectivity index (χ1n) is 6.60. The van der Waals surface area contributed by atoms with Gasteiger partial charge in [0.15, 0.2) is 0 Å². The molecule has 0 heterocycles. The van der Waals surface area contributed by atoms with Crippen molar-refractivity contribution < 1.29 is 24.2 Å². The van der Waals surface area contributed by atoms with E-state index < -0.39 is 24.0 Å². The molecule has 116 valence electrons. The van der Waals surface area contributed by atoms with Crippen molar-refractivity contribution in [2.45, 2.75) is 39.7 Å². The first-order valence-corrected chi connectivity index (χ1v) is 6.60. The van der Waals surface area contributed by atoms with Gasteiger partial charge in [-0.05, 0) is 18.3 Å². The molecular formula is C13H24N2O5. The molecule has 0 aromatic heterocycles. The number of urea groups is 1. The molecule has 7 nitrogen and oxygen atoms in total. The topological polar surface area (TPSA) is 105 Å². The van der Waals surface area contributed by atoms with Gasteiger partial charge in [-0.1, -0.05) is 20.8 Å². The number of aliphatic carboxylic acids is 1. The molecule has 0 aliphatic heterocycles. The van der Waals surface area contributed by atoms with Crippen LogP contribution in [0.4, 0.5) is 4.79 Å². The van der Waals surface area contributed by atoms with E-state index in [0.717, 1.165) is 0 Å². The number of nitrogens with one attached hydrogen (secondary N) is 2. The second kappa shape index (κ2) is 9.17. The van der Waals surface area contributed by atoms with E-state index in [-0.39, 0.29) is 24.8 Å². The minimum Gasteiger partial charge on any atom is -0.481 e. The Morgan fingerprint density at radius 3 is 2.25 bits per heavy atom. The number of carbonyl (C=O) groups excluding carboxylic acids is 2. The molecule has 0 aliphatic carbocycles. The zero-order valence-electron chi connectivity index (χ0n) is 12.4. The number of amides is 2. The Hall–Kier alpha value is -1.79. The van der Waals surface area contributed by atoms with Crippen LogP contribution >= 0.6 is 0 Å². The molecule has 0 fully saturated rings. The highest BCUT2D eigenvalue weighted by atomic mass is 16.5. The summed E-state index contributed by atoms with van der Waals surface area (Å²) in [5, 5.41) is 13.7. The van der Waals surface area contributed by atoms with Crippen molar-refractivity contribution in [2.24, 2.45) is 11.8 Å². The molecule has 0 aliphatic rings. The fraction of sp³-hybridized carbons (Fsp3) is 0.769. The second-order valence-electron chi connectivity index (χ2n) is 5.26. The summed E-state index contributed by atoms with van der Waals surface area (Å²) in [5.74, 6) is -1.36. The summed E-state index contributed by atoms with van der Waals surface area (Å²) in [6, 6.07) is -1.20. The lowest BCUT2D eigenvalue weighted by molar-refractivity contribution is -0.143. The van der Waals surface area contributed by atoms with Crippen LogP contribution in [0.15, 0.2) is 0 Å². The van der Waals surface area contributed by atoms with Crippen molar-refractivity contribution in [3.8, 4) is 0 Å². The quantitative estimate of drug-likeness (QED) is 0.578. The predicted octanol–water partition coefficient (Wildman–Crippen LogP) is 0.984. The molecular weight excluding hydrogens is 264 g/mol. The zero-order valence-corrected chi connectivity index (χ0v) is 12.4. The lowest BCUT2D eigenvalue weighted by Crippen LogP contribution is -2.47. The van der Waals surface area contributed by atoms with E-state index in [1.54, 1.807) is 6.92 Å². The third-order valence-corrected chi connectivity index (χ3v) is 2.63. The molecule has 0 saturated carbocycles. The number of ether oxygens (including phenoxy) is 1. The smallest absolute Gasteiger partial charge is 0.328 e. The fourth-order valence-corrected chi connectivity index (χ4v) is 1.67. The van der Waals surface area contributed by atoms with E-state index in [0.29, 0.717) is 6.42 Å². The largest absolute Gasteiger partial charge is 0.481 e. The van der Waals surface area contributed by atoms with E-state index in [1.807, 2.05) is 13.8 Å². The average Bonchev–Trinajstić information content (AvgIpc) is 2.33. The number of hydrogen-bond donors (Lipinski definition) is 3. The molecule has 0 radical (unpaired) electrons. The maximum absolute atomic E-state index is 11.7. The minimum atomic E-state index is -0.910. The number of rotatable bonds is 8. The Morgan fingerprint density at radius 1 is 1.20 bits per heavy atom. The van der Waals surface area contributed by atoms with Crippen molar-refractivity contribution in [1.29, 1.82) is 0 Å². The van der Waals surface area contributed by atoms with Crippen LogP contribution in [-0.2, 0) is 14.3 Å². The summed E-state index contributed by atoms with van der Waals surface area (Å²) >= 11 is 0. The van der Waals surface area contributed by atoms with Gasteiger partial charge in [-0.2, -0.15) is 0 Å². The molecule has 2 unspecified atom stereocenters. The van der Waals surface area contributed by atoms with Gasteiger partial charge in [-0.15, -0.1) is 0 Å². The van der Waals surface area contributed by atoms with Crippen LogP contribution in [0.25, 0.3) is 0 Å². The first-order chi connectivity index (χ1) is 9.26. The Morgan fingerprint density at radius 2 is 1.80 bits per heavy atom. The molecule has 0 bridgehead atoms. The SMILES string of the molecule is COC(=O)C(CC(C)C)NC(=O)NCC(C)CC(=O)O. The summed E-state index contributed by atoms with van der Waals surface area (Å²) in [7, 11) is 1.27. The second-order valence-corrected chi connectivity index (χ2v) is 5.26. The van der Waals surface area contributed by atoms with Gasteiger partial charge >= 0.3 is 18.0 Å². The molecule has 3 N–H and O–H groups in total. The van der Waals surface area contributed by atoms with Crippen LogP contribution in [0.1, 0.15) is 33.6 Å². The molecule has 0 aromatic rings. The zero-order chi connectivity index (χ0) is 15.7. The summed E-state index contributed by atoms with van der Waals surface area (Å²) in [6.45, 7) is 5.82. The lowest BCUT2D eigenvalue weighted by Gasteiger charge is -2.19. The third-order valence-electron chi connectivity index (χ3n) is 2.63. The van der Waals surface area contributed by atoms with E-state index in [9.17, 15) is 14.4 Å². The fourth-order valence-electron chi connectivity index (χ4n) is 1.67. The van der Waals surface area contributed by atoms with Crippen LogP contribution in [0.3, 0.4) is 0 Å². The number of carboxylic acid groups (broad SMARTS) is 1. The first kappa shape index (κ1) is 18.2. The average molecular weight is 288 g/mol. The molecule has 2 amide bonds. The van der Waals surface area contributed by atoms with Gasteiger partial charge in [-0.25, -0.2) is 9.59 Å². The van der Waals surface area contributed by atoms with Crippen molar-refractivity contribution in [2.75, 3.05) is 13.7 Å². The van der Waals surface area contributed by atoms with Crippen molar-refractivity contribution in [1.82, 2.24) is 10.6 Å². The standard InChI is InChI=1S/C13H24N2O5/c1-8(2)5-10(12(18)20-4)15-13(19)14-7-9(3)6-11(16)17/h8-10H,5-7H2,1-4H3,(H,16,17)(H2,14,15,19). The molecule has 0 aromatic carbocycles. The van der Waals surface area contributed by atoms with E-state index >= 15 is 0 Å². The Bertz CT molecular complexity index is 344. The van der Waals surface area contributed by atoms with Crippen LogP contribution < -0.4 is 10.6 Å². The number of esters is 1. The van der Waals surface area contributed by atoms with Crippen LogP contribution in [0, 0.1) is 11.8 Å². The van der Waals surface area contributed by atoms with Gasteiger partial charge in [0.1, 0.15) is 6.04 Å². The van der Waals surface area contributed by atoms with Gasteiger partial charge in [-0.3, -0.25) is 4.79 Å². The monoisotopic (exact) mass is 288 g/mol. The third kappa shape index (κ3) is 8.34. The van der Waals surface area contributed by atoms with Crippen LogP contribution in [-0.4, -0.2) is 42.8 Å². The number of carbonyl (C=O) groups is 3. The van der Waals surface area contributed by atoms with Crippen molar-refractivity contribution in [3.63, 3.8) is 0 Å². The van der Waals surface area contributed by atoms with Crippen molar-refractivity contribution >= 4 is 18.0 Å². The van der Waals surface area contributed by atoms with Gasteiger partial charge < -0.3 is 20.5 Å². The molecule has 2 atom stereocenters. The highest BCUT2D eigenvalue weighted by Gasteiger charge is 2.22. The Balaban J connectivity index is 4.25. The maximum atomic E-state index is 11.7. The van der Waals surface area contributed by atoms with E-state index in [4.69, 9.17) is 5.11 Å². The normalized spacial score (nSPS) is 13.4. The lowest BCUT2D eigenvalue weighted by atomic mass is 10.0. The van der Waals surface area contributed by atoms with Gasteiger partial charge in [0, 0.05) is 13.0 Å². The van der Waals surface area contributed by atoms with Crippen LogP contribution in [0.5, 0.6) is 0 Å². The van der Waals surface area contributed by atoms with Crippen molar-refractivity contribution in [3.05, 3.63) is 0 Å². The Kier molecular flexibility index (Phi) is 8.35. The van der Waals surface area contributed by atoms with Gasteiger partial charge in [0.05, 0.1) is 7.11 Å². The summed E-state index contributed by atoms with van der Waals surface area (Å²) < 4.78 is 4.63. The predicted molar refractivity (Wildman–Crippen MR) is 73.2 cm³/mol. The molecule has 0 saturated heterocycles. The summed E-state index contributed by atoms with van der Waals surface area (Å²) in [5.41, 5.74) is 0. The van der Waals surface area contributed by atoms with E-state index in [2.05, 4.69) is 15.4 Å². The summed E-state index contributed by atoms with van der Waals surface area (Å²) in [4.78, 5) is 33.7. The minimum absolute atomic E-state index is 0.0211. The highest BCUT2D eigenvalue weighted by molar-refractivity contribution is 5.83. The number of methoxy groups -OCH3 is 1. The van der Waals surface area contributed by atoms with Crippen LogP contribution in [0.2, 0.25) is 0 Å². The van der Waals surface area contributed by atoms with Gasteiger partial charge in [0.25, 0.3) is 0 Å². The maximum Gasteiger partial charge on any atom is 0.328 e. The molecule has 0 spiro atoms. The molecule has 0 rings (SSSR count). The van der Waals surface area contributed by atoms with Gasteiger partial charge in [0.2, 0.25) is 0 Å². The number of hydrogen-bond acceptors (Lipinski definition) is 4. The summed E-state index contributed by atoms with van der Waals surface area (Å²) in [6.07, 6.45) is 0.456. The molecule has 7 heteroatoms. The number of carboxylic acids is 1.